The number of nitrogens with two attached hydrogens (primary N) is 1. The monoisotopic (exact) mass is 351 g/mol. The fourth-order valence-electron chi connectivity index (χ4n) is 1.70. The van der Waals surface area contributed by atoms with Crippen molar-refractivity contribution in [2.75, 3.05) is 5.73 Å². The van der Waals surface area contributed by atoms with Gasteiger partial charge in [0.15, 0.2) is 0 Å². The van der Waals surface area contributed by atoms with Gasteiger partial charge in [-0.3, -0.25) is 0 Å². The van der Waals surface area contributed by atoms with Gasteiger partial charge in [0.25, 0.3) is 0 Å². The molecule has 0 saturated carbocycles. The van der Waals surface area contributed by atoms with E-state index in [1.165, 1.54) is 0 Å². The molecule has 106 valence electrons. The Balaban J connectivity index is 2.31. The molecule has 0 aliphatic heterocycles. The summed E-state index contributed by atoms with van der Waals surface area (Å²) in [7, 11) is 0. The van der Waals surface area contributed by atoms with Crippen LogP contribution < -0.4 is 5.73 Å². The van der Waals surface area contributed by atoms with Gasteiger partial charge in [0.1, 0.15) is 11.6 Å². The second-order valence-electron chi connectivity index (χ2n) is 4.58. The SMILES string of the molecule is CCC(C)SCc1nc(N)c(Br)c(-c2ccccc2)n1. The van der Waals surface area contributed by atoms with Gasteiger partial charge in [0.05, 0.1) is 15.9 Å². The number of nitrogen functional groups attached to an aromatic ring is 1. The summed E-state index contributed by atoms with van der Waals surface area (Å²) in [6.45, 7) is 4.40. The van der Waals surface area contributed by atoms with Crippen LogP contribution in [-0.2, 0) is 5.75 Å². The van der Waals surface area contributed by atoms with Crippen molar-refractivity contribution in [1.29, 1.82) is 0 Å². The van der Waals surface area contributed by atoms with Crippen molar-refractivity contribution in [1.82, 2.24) is 9.97 Å². The van der Waals surface area contributed by atoms with Crippen molar-refractivity contribution in [2.45, 2.75) is 31.3 Å². The van der Waals surface area contributed by atoms with E-state index in [9.17, 15) is 0 Å². The third-order valence-electron chi connectivity index (χ3n) is 3.04. The maximum atomic E-state index is 5.99. The number of benzene rings is 1. The summed E-state index contributed by atoms with van der Waals surface area (Å²) < 4.78 is 0.765. The molecular weight excluding hydrogens is 334 g/mol. The molecule has 0 amide bonds. The van der Waals surface area contributed by atoms with Gasteiger partial charge in [0.2, 0.25) is 0 Å². The first-order valence-electron chi connectivity index (χ1n) is 6.60. The van der Waals surface area contributed by atoms with E-state index in [1.54, 1.807) is 0 Å². The summed E-state index contributed by atoms with van der Waals surface area (Å²) >= 11 is 5.34. The van der Waals surface area contributed by atoms with E-state index in [-0.39, 0.29) is 0 Å². The summed E-state index contributed by atoms with van der Waals surface area (Å²) in [5, 5.41) is 0.601. The van der Waals surface area contributed by atoms with Gasteiger partial charge >= 0.3 is 0 Å². The first kappa shape index (κ1) is 15.3. The van der Waals surface area contributed by atoms with Crippen molar-refractivity contribution in [3.05, 3.63) is 40.6 Å². The van der Waals surface area contributed by atoms with Crippen LogP contribution in [0.15, 0.2) is 34.8 Å². The van der Waals surface area contributed by atoms with Crippen LogP contribution in [0.5, 0.6) is 0 Å². The zero-order valence-electron chi connectivity index (χ0n) is 11.6. The number of nitrogens with zero attached hydrogens (tertiary/aromatic N) is 2. The second-order valence-corrected chi connectivity index (χ2v) is 6.80. The lowest BCUT2D eigenvalue weighted by molar-refractivity contribution is 0.901. The summed E-state index contributed by atoms with van der Waals surface area (Å²) in [5.41, 5.74) is 7.89. The number of anilines is 1. The average molecular weight is 352 g/mol. The predicted molar refractivity (Wildman–Crippen MR) is 90.6 cm³/mol. The molecule has 1 aromatic heterocycles. The molecule has 1 unspecified atom stereocenters. The lowest BCUT2D eigenvalue weighted by Crippen LogP contribution is -2.04. The Bertz CT molecular complexity index is 575. The van der Waals surface area contributed by atoms with E-state index >= 15 is 0 Å². The average Bonchev–Trinajstić information content (AvgIpc) is 2.48. The Morgan fingerprint density at radius 1 is 1.25 bits per heavy atom. The normalized spacial score (nSPS) is 12.3. The molecule has 0 aliphatic rings. The zero-order valence-corrected chi connectivity index (χ0v) is 14.0. The first-order valence-corrected chi connectivity index (χ1v) is 8.45. The molecular formula is C15H18BrN3S. The number of hydrogen-bond donors (Lipinski definition) is 1. The minimum absolute atomic E-state index is 0.499. The second kappa shape index (κ2) is 7.09. The topological polar surface area (TPSA) is 51.8 Å². The molecule has 0 bridgehead atoms. The Labute approximate surface area is 132 Å². The Hall–Kier alpha value is -1.07. The van der Waals surface area contributed by atoms with Crippen molar-refractivity contribution in [3.8, 4) is 11.3 Å². The maximum Gasteiger partial charge on any atom is 0.142 e. The van der Waals surface area contributed by atoms with Crippen LogP contribution in [0.3, 0.4) is 0 Å². The third-order valence-corrected chi connectivity index (χ3v) is 5.15. The fraction of sp³-hybridized carbons (Fsp3) is 0.333. The van der Waals surface area contributed by atoms with E-state index in [2.05, 4.69) is 39.7 Å². The molecule has 3 nitrogen and oxygen atoms in total. The maximum absolute atomic E-state index is 5.99. The fourth-order valence-corrected chi connectivity index (χ4v) is 2.90. The van der Waals surface area contributed by atoms with Crippen molar-refractivity contribution in [3.63, 3.8) is 0 Å². The van der Waals surface area contributed by atoms with E-state index < -0.39 is 0 Å². The molecule has 0 saturated heterocycles. The minimum Gasteiger partial charge on any atom is -0.383 e. The zero-order chi connectivity index (χ0) is 14.5. The molecule has 1 atom stereocenters. The van der Waals surface area contributed by atoms with E-state index in [0.717, 1.165) is 33.7 Å². The standard InChI is InChI=1S/C15H18BrN3S/c1-3-10(2)20-9-12-18-14(13(16)15(17)19-12)11-7-5-4-6-8-11/h4-8,10H,3,9H2,1-2H3,(H2,17,18,19). The molecule has 0 fully saturated rings. The molecule has 2 N–H and O–H groups in total. The van der Waals surface area contributed by atoms with Gasteiger partial charge in [-0.1, -0.05) is 44.2 Å². The number of thioether (sulfide) groups is 1. The summed E-state index contributed by atoms with van der Waals surface area (Å²) in [6.07, 6.45) is 1.14. The van der Waals surface area contributed by atoms with Crippen molar-refractivity contribution < 1.29 is 0 Å². The molecule has 20 heavy (non-hydrogen) atoms. The van der Waals surface area contributed by atoms with Crippen molar-refractivity contribution >= 4 is 33.5 Å². The van der Waals surface area contributed by atoms with Crippen LogP contribution in [0, 0.1) is 0 Å². The van der Waals surface area contributed by atoms with Gasteiger partial charge in [-0.05, 0) is 22.4 Å². The first-order chi connectivity index (χ1) is 9.61. The van der Waals surface area contributed by atoms with E-state index in [0.29, 0.717) is 11.1 Å². The largest absolute Gasteiger partial charge is 0.383 e. The quantitative estimate of drug-likeness (QED) is 0.860. The highest BCUT2D eigenvalue weighted by Crippen LogP contribution is 2.31. The van der Waals surface area contributed by atoms with Gasteiger partial charge in [-0.2, -0.15) is 11.8 Å². The van der Waals surface area contributed by atoms with Crippen LogP contribution in [0.4, 0.5) is 5.82 Å². The van der Waals surface area contributed by atoms with Crippen LogP contribution in [-0.4, -0.2) is 15.2 Å². The Kier molecular flexibility index (Phi) is 5.43. The van der Waals surface area contributed by atoms with Crippen LogP contribution >= 0.6 is 27.7 Å². The molecule has 1 heterocycles. The Morgan fingerprint density at radius 2 is 1.95 bits per heavy atom. The van der Waals surface area contributed by atoms with E-state index in [4.69, 9.17) is 5.73 Å². The predicted octanol–water partition coefficient (Wildman–Crippen LogP) is 4.52. The molecule has 0 spiro atoms. The molecule has 5 heteroatoms. The van der Waals surface area contributed by atoms with Crippen molar-refractivity contribution in [2.24, 2.45) is 0 Å². The Morgan fingerprint density at radius 3 is 2.60 bits per heavy atom. The van der Waals surface area contributed by atoms with Gasteiger partial charge < -0.3 is 5.73 Å². The highest BCUT2D eigenvalue weighted by Gasteiger charge is 2.12. The van der Waals surface area contributed by atoms with Gasteiger partial charge in [-0.25, -0.2) is 9.97 Å². The number of rotatable bonds is 5. The summed E-state index contributed by atoms with van der Waals surface area (Å²) in [5.74, 6) is 2.07. The van der Waals surface area contributed by atoms with Crippen LogP contribution in [0.2, 0.25) is 0 Å². The molecule has 1 aromatic carbocycles. The number of aromatic nitrogens is 2. The molecule has 2 rings (SSSR count). The summed E-state index contributed by atoms with van der Waals surface area (Å²) in [6, 6.07) is 10.0. The lowest BCUT2D eigenvalue weighted by Gasteiger charge is -2.11. The number of hydrogen-bond acceptors (Lipinski definition) is 4. The van der Waals surface area contributed by atoms with Gasteiger partial charge in [-0.15, -0.1) is 0 Å². The molecule has 0 aliphatic carbocycles. The summed E-state index contributed by atoms with van der Waals surface area (Å²) in [4.78, 5) is 9.01. The van der Waals surface area contributed by atoms with Crippen LogP contribution in [0.25, 0.3) is 11.3 Å². The van der Waals surface area contributed by atoms with E-state index in [1.807, 2.05) is 42.1 Å². The van der Waals surface area contributed by atoms with Gasteiger partial charge in [0, 0.05) is 10.8 Å². The number of halogens is 1. The minimum atomic E-state index is 0.499. The molecule has 0 radical (unpaired) electrons. The molecule has 2 aromatic rings. The van der Waals surface area contributed by atoms with Crippen LogP contribution in [0.1, 0.15) is 26.1 Å². The highest BCUT2D eigenvalue weighted by molar-refractivity contribution is 9.10. The third kappa shape index (κ3) is 3.73. The lowest BCUT2D eigenvalue weighted by atomic mass is 10.1. The highest BCUT2D eigenvalue weighted by atomic mass is 79.9. The smallest absolute Gasteiger partial charge is 0.142 e.